The average molecular weight is 332 g/mol. The van der Waals surface area contributed by atoms with Gasteiger partial charge in [-0.1, -0.05) is 68.0 Å². The summed E-state index contributed by atoms with van der Waals surface area (Å²) in [6.07, 6.45) is 9.57. The van der Waals surface area contributed by atoms with E-state index in [2.05, 4.69) is 68.7 Å². The summed E-state index contributed by atoms with van der Waals surface area (Å²) in [6, 6.07) is 13.1. The second kappa shape index (κ2) is 7.82. The molecule has 1 heterocycles. The smallest absolute Gasteiger partial charge is 0.0342 e. The molecule has 1 aliphatic rings. The predicted octanol–water partition coefficient (Wildman–Crippen LogP) is 6.25. The molecule has 0 radical (unpaired) electrons. The number of pyridine rings is 1. The molecule has 0 saturated carbocycles. The van der Waals surface area contributed by atoms with E-state index < -0.39 is 0 Å². The summed E-state index contributed by atoms with van der Waals surface area (Å²) >= 11 is 0. The van der Waals surface area contributed by atoms with Gasteiger partial charge in [0, 0.05) is 12.4 Å². The van der Waals surface area contributed by atoms with Crippen molar-refractivity contribution in [1.82, 2.24) is 4.98 Å². The van der Waals surface area contributed by atoms with Crippen LogP contribution in [0.1, 0.15) is 43.4 Å². The maximum absolute atomic E-state index is 4.43. The average Bonchev–Trinajstić information content (AvgIpc) is 3.03. The molecule has 3 rings (SSSR count). The molecule has 0 N–H and O–H groups in total. The maximum atomic E-state index is 4.43. The molecule has 1 aliphatic carbocycles. The highest BCUT2D eigenvalue weighted by Gasteiger charge is 2.30. The van der Waals surface area contributed by atoms with Gasteiger partial charge in [0.25, 0.3) is 0 Å². The highest BCUT2D eigenvalue weighted by Crippen LogP contribution is 2.42. The molecule has 1 heteroatoms. The minimum absolute atomic E-state index is 0.547. The van der Waals surface area contributed by atoms with Gasteiger partial charge in [0.15, 0.2) is 0 Å². The fourth-order valence-electron chi connectivity index (χ4n) is 3.94. The van der Waals surface area contributed by atoms with Crippen LogP contribution in [0.3, 0.4) is 0 Å². The van der Waals surface area contributed by atoms with E-state index in [9.17, 15) is 0 Å². The van der Waals surface area contributed by atoms with E-state index in [1.165, 1.54) is 27.8 Å². The predicted molar refractivity (Wildman–Crippen MR) is 107 cm³/mol. The van der Waals surface area contributed by atoms with Crippen LogP contribution < -0.4 is 0 Å². The van der Waals surface area contributed by atoms with Crippen LogP contribution in [0.2, 0.25) is 0 Å². The lowest BCUT2D eigenvalue weighted by Crippen LogP contribution is -2.17. The molecule has 1 nitrogen and oxygen atoms in total. The van der Waals surface area contributed by atoms with Crippen LogP contribution in [-0.2, 0) is 6.42 Å². The Bertz CT molecular complexity index is 739. The lowest BCUT2D eigenvalue weighted by molar-refractivity contribution is 0.347. The summed E-state index contributed by atoms with van der Waals surface area (Å²) < 4.78 is 0. The molecule has 0 amide bonds. The molecular formula is C24H29N. The summed E-state index contributed by atoms with van der Waals surface area (Å²) in [5, 5.41) is 0. The molecule has 1 aromatic carbocycles. The van der Waals surface area contributed by atoms with E-state index in [-0.39, 0.29) is 0 Å². The van der Waals surface area contributed by atoms with Crippen LogP contribution in [0.15, 0.2) is 67.0 Å². The Hall–Kier alpha value is -2.15. The topological polar surface area (TPSA) is 12.9 Å². The van der Waals surface area contributed by atoms with E-state index in [1.54, 1.807) is 0 Å². The number of aryl methyl sites for hydroxylation is 2. The van der Waals surface area contributed by atoms with Crippen molar-refractivity contribution in [3.05, 3.63) is 83.7 Å². The van der Waals surface area contributed by atoms with Crippen molar-refractivity contribution in [2.75, 3.05) is 0 Å². The second-order valence-electron chi connectivity index (χ2n) is 7.59. The number of rotatable bonds is 6. The van der Waals surface area contributed by atoms with Crippen molar-refractivity contribution < 1.29 is 0 Å². The zero-order chi connectivity index (χ0) is 17.8. The van der Waals surface area contributed by atoms with Crippen LogP contribution in [0.25, 0.3) is 5.57 Å². The Balaban J connectivity index is 1.58. The van der Waals surface area contributed by atoms with Gasteiger partial charge in [0.2, 0.25) is 0 Å². The fourth-order valence-corrected chi connectivity index (χ4v) is 3.94. The van der Waals surface area contributed by atoms with Gasteiger partial charge in [-0.05, 0) is 66.7 Å². The first kappa shape index (κ1) is 17.7. The molecule has 2 aromatic rings. The Kier molecular flexibility index (Phi) is 5.53. The number of allylic oxidation sites excluding steroid dienone is 3. The first-order chi connectivity index (χ1) is 12.0. The summed E-state index contributed by atoms with van der Waals surface area (Å²) in [5.41, 5.74) is 6.84. The Labute approximate surface area is 152 Å². The molecular weight excluding hydrogens is 302 g/mol. The Morgan fingerprint density at radius 1 is 1.24 bits per heavy atom. The van der Waals surface area contributed by atoms with Crippen molar-refractivity contribution in [2.24, 2.45) is 17.8 Å². The van der Waals surface area contributed by atoms with Gasteiger partial charge in [-0.15, -0.1) is 0 Å². The molecule has 3 atom stereocenters. The minimum Gasteiger partial charge on any atom is -0.264 e. The van der Waals surface area contributed by atoms with Crippen molar-refractivity contribution in [3.8, 4) is 0 Å². The van der Waals surface area contributed by atoms with Crippen LogP contribution in [0, 0.1) is 24.7 Å². The molecule has 0 spiro atoms. The molecule has 0 saturated heterocycles. The van der Waals surface area contributed by atoms with Crippen LogP contribution in [0.4, 0.5) is 0 Å². The lowest BCUT2D eigenvalue weighted by Gasteiger charge is -2.26. The zero-order valence-corrected chi connectivity index (χ0v) is 15.7. The lowest BCUT2D eigenvalue weighted by atomic mass is 9.79. The third-order valence-corrected chi connectivity index (χ3v) is 5.77. The third-order valence-electron chi connectivity index (χ3n) is 5.77. The Morgan fingerprint density at radius 2 is 2.00 bits per heavy atom. The molecule has 1 aromatic heterocycles. The highest BCUT2D eigenvalue weighted by molar-refractivity contribution is 5.67. The molecule has 0 aliphatic heterocycles. The van der Waals surface area contributed by atoms with Gasteiger partial charge < -0.3 is 0 Å². The summed E-state index contributed by atoms with van der Waals surface area (Å²) in [5.74, 6) is 1.80. The molecule has 0 fully saturated rings. The summed E-state index contributed by atoms with van der Waals surface area (Å²) in [6.45, 7) is 11.3. The first-order valence-corrected chi connectivity index (χ1v) is 9.39. The van der Waals surface area contributed by atoms with E-state index in [1.807, 2.05) is 18.5 Å². The second-order valence-corrected chi connectivity index (χ2v) is 7.59. The number of aromatic nitrogens is 1. The Morgan fingerprint density at radius 3 is 2.68 bits per heavy atom. The van der Waals surface area contributed by atoms with Crippen molar-refractivity contribution >= 4 is 5.57 Å². The van der Waals surface area contributed by atoms with Crippen molar-refractivity contribution in [3.63, 3.8) is 0 Å². The van der Waals surface area contributed by atoms with Crippen molar-refractivity contribution in [2.45, 2.75) is 40.0 Å². The number of benzene rings is 1. The summed E-state index contributed by atoms with van der Waals surface area (Å²) in [7, 11) is 0. The summed E-state index contributed by atoms with van der Waals surface area (Å²) in [4.78, 5) is 4.27. The van der Waals surface area contributed by atoms with E-state index >= 15 is 0 Å². The minimum atomic E-state index is 0.547. The zero-order valence-electron chi connectivity index (χ0n) is 15.7. The first-order valence-electron chi connectivity index (χ1n) is 9.39. The van der Waals surface area contributed by atoms with Crippen LogP contribution in [0.5, 0.6) is 0 Å². The molecule has 3 unspecified atom stereocenters. The van der Waals surface area contributed by atoms with Gasteiger partial charge in [-0.3, -0.25) is 4.98 Å². The maximum Gasteiger partial charge on any atom is 0.0342 e. The number of hydrogen-bond acceptors (Lipinski definition) is 1. The van der Waals surface area contributed by atoms with E-state index in [0.29, 0.717) is 17.8 Å². The van der Waals surface area contributed by atoms with Crippen LogP contribution >= 0.6 is 0 Å². The van der Waals surface area contributed by atoms with Gasteiger partial charge in [0.05, 0.1) is 0 Å². The van der Waals surface area contributed by atoms with Crippen LogP contribution in [-0.4, -0.2) is 4.98 Å². The van der Waals surface area contributed by atoms with Gasteiger partial charge >= 0.3 is 0 Å². The van der Waals surface area contributed by atoms with E-state index in [0.717, 1.165) is 19.3 Å². The number of nitrogens with zero attached hydrogens (tertiary/aromatic N) is 1. The van der Waals surface area contributed by atoms with Gasteiger partial charge in [-0.25, -0.2) is 0 Å². The highest BCUT2D eigenvalue weighted by atomic mass is 14.6. The molecule has 0 bridgehead atoms. The van der Waals surface area contributed by atoms with E-state index in [4.69, 9.17) is 0 Å². The SMILES string of the molecule is C=C(CCc1ccc(C)cc1)C(C)C1CC(c2cccnc2)=CC1C. The standard InChI is InChI=1S/C24H29N/c1-17-7-10-21(11-8-17)12-9-18(2)20(4)24-15-23(14-19(24)3)22-6-5-13-25-16-22/h5-8,10-11,13-14,16,19-20,24H,2,9,12,15H2,1,3-4H3. The monoisotopic (exact) mass is 331 g/mol. The van der Waals surface area contributed by atoms with Gasteiger partial charge in [0.1, 0.15) is 0 Å². The van der Waals surface area contributed by atoms with Gasteiger partial charge in [-0.2, -0.15) is 0 Å². The molecule has 25 heavy (non-hydrogen) atoms. The quantitative estimate of drug-likeness (QED) is 0.570. The fraction of sp³-hybridized carbons (Fsp3) is 0.375. The number of hydrogen-bond donors (Lipinski definition) is 0. The third kappa shape index (κ3) is 4.28. The molecule has 130 valence electrons. The largest absolute Gasteiger partial charge is 0.264 e. The normalized spacial score (nSPS) is 21.0. The van der Waals surface area contributed by atoms with Crippen molar-refractivity contribution in [1.29, 1.82) is 0 Å².